The van der Waals surface area contributed by atoms with Gasteiger partial charge in [0.2, 0.25) is 0 Å². The summed E-state index contributed by atoms with van der Waals surface area (Å²) < 4.78 is 11.5. The lowest BCUT2D eigenvalue weighted by Gasteiger charge is -2.39. The first kappa shape index (κ1) is 11.8. The van der Waals surface area contributed by atoms with E-state index in [4.69, 9.17) is 15.2 Å². The van der Waals surface area contributed by atoms with Gasteiger partial charge in [-0.25, -0.2) is 4.98 Å². The van der Waals surface area contributed by atoms with Gasteiger partial charge in [0.1, 0.15) is 0 Å². The van der Waals surface area contributed by atoms with Crippen molar-refractivity contribution in [2.24, 2.45) is 5.73 Å². The number of anilines is 1. The SMILES string of the molecule is NCc1nccnc1N1CCCC2(C1)OCCO2. The fourth-order valence-corrected chi connectivity index (χ4v) is 2.67. The van der Waals surface area contributed by atoms with Gasteiger partial charge in [-0.2, -0.15) is 0 Å². The van der Waals surface area contributed by atoms with Crippen molar-refractivity contribution in [1.82, 2.24) is 9.97 Å². The molecule has 0 amide bonds. The van der Waals surface area contributed by atoms with Gasteiger partial charge in [-0.3, -0.25) is 4.98 Å². The fraction of sp³-hybridized carbons (Fsp3) is 0.667. The van der Waals surface area contributed by atoms with Gasteiger partial charge in [-0.15, -0.1) is 0 Å². The lowest BCUT2D eigenvalue weighted by Crippen LogP contribution is -2.49. The molecule has 0 saturated carbocycles. The number of hydrogen-bond acceptors (Lipinski definition) is 6. The maximum Gasteiger partial charge on any atom is 0.186 e. The quantitative estimate of drug-likeness (QED) is 0.812. The van der Waals surface area contributed by atoms with Crippen molar-refractivity contribution in [2.75, 3.05) is 31.2 Å². The van der Waals surface area contributed by atoms with Crippen LogP contribution in [-0.4, -0.2) is 42.1 Å². The molecule has 6 nitrogen and oxygen atoms in total. The van der Waals surface area contributed by atoms with E-state index in [1.807, 2.05) is 0 Å². The van der Waals surface area contributed by atoms with Gasteiger partial charge in [0, 0.05) is 31.9 Å². The lowest BCUT2D eigenvalue weighted by molar-refractivity contribution is -0.161. The average molecular weight is 250 g/mol. The summed E-state index contributed by atoms with van der Waals surface area (Å²) in [6.45, 7) is 3.41. The number of piperidine rings is 1. The summed E-state index contributed by atoms with van der Waals surface area (Å²) >= 11 is 0. The molecule has 2 aliphatic heterocycles. The molecule has 0 unspecified atom stereocenters. The molecule has 3 heterocycles. The molecule has 2 aliphatic rings. The van der Waals surface area contributed by atoms with Crippen molar-refractivity contribution in [2.45, 2.75) is 25.2 Å². The Labute approximate surface area is 106 Å². The van der Waals surface area contributed by atoms with E-state index in [1.54, 1.807) is 12.4 Å². The third-order valence-electron chi connectivity index (χ3n) is 3.48. The fourth-order valence-electron chi connectivity index (χ4n) is 2.67. The Bertz CT molecular complexity index is 420. The molecule has 6 heteroatoms. The van der Waals surface area contributed by atoms with E-state index in [9.17, 15) is 0 Å². The topological polar surface area (TPSA) is 73.5 Å². The summed E-state index contributed by atoms with van der Waals surface area (Å²) in [6.07, 6.45) is 5.35. The van der Waals surface area contributed by atoms with Crippen molar-refractivity contribution in [1.29, 1.82) is 0 Å². The molecule has 98 valence electrons. The number of nitrogens with two attached hydrogens (primary N) is 1. The summed E-state index contributed by atoms with van der Waals surface area (Å²) in [4.78, 5) is 10.8. The zero-order valence-corrected chi connectivity index (χ0v) is 10.3. The zero-order chi connectivity index (χ0) is 12.4. The van der Waals surface area contributed by atoms with Crippen molar-refractivity contribution in [3.05, 3.63) is 18.1 Å². The van der Waals surface area contributed by atoms with Crippen molar-refractivity contribution in [3.63, 3.8) is 0 Å². The lowest BCUT2D eigenvalue weighted by atomic mass is 10.0. The predicted molar refractivity (Wildman–Crippen MR) is 66.0 cm³/mol. The van der Waals surface area contributed by atoms with Crippen LogP contribution in [-0.2, 0) is 16.0 Å². The maximum atomic E-state index is 5.76. The van der Waals surface area contributed by atoms with Crippen LogP contribution in [0.25, 0.3) is 0 Å². The van der Waals surface area contributed by atoms with Gasteiger partial charge in [0.05, 0.1) is 25.5 Å². The second-order valence-electron chi connectivity index (χ2n) is 4.66. The van der Waals surface area contributed by atoms with Gasteiger partial charge >= 0.3 is 0 Å². The highest BCUT2D eigenvalue weighted by atomic mass is 16.7. The number of ether oxygens (including phenoxy) is 2. The summed E-state index contributed by atoms with van der Waals surface area (Å²) in [5.41, 5.74) is 6.54. The van der Waals surface area contributed by atoms with Crippen LogP contribution in [0.1, 0.15) is 18.5 Å². The van der Waals surface area contributed by atoms with E-state index < -0.39 is 5.79 Å². The highest BCUT2D eigenvalue weighted by molar-refractivity contribution is 5.43. The number of nitrogens with zero attached hydrogens (tertiary/aromatic N) is 3. The van der Waals surface area contributed by atoms with Gasteiger partial charge in [-0.1, -0.05) is 0 Å². The Morgan fingerprint density at radius 3 is 2.83 bits per heavy atom. The van der Waals surface area contributed by atoms with Gasteiger partial charge in [0.15, 0.2) is 11.6 Å². The minimum absolute atomic E-state index is 0.397. The molecule has 2 fully saturated rings. The molecular formula is C12H18N4O2. The Morgan fingerprint density at radius 2 is 2.06 bits per heavy atom. The number of hydrogen-bond donors (Lipinski definition) is 1. The smallest absolute Gasteiger partial charge is 0.186 e. The second-order valence-corrected chi connectivity index (χ2v) is 4.66. The Balaban J connectivity index is 1.83. The van der Waals surface area contributed by atoms with Crippen LogP contribution in [0.3, 0.4) is 0 Å². The first-order chi connectivity index (χ1) is 8.83. The van der Waals surface area contributed by atoms with Crippen LogP contribution in [0.4, 0.5) is 5.82 Å². The van der Waals surface area contributed by atoms with E-state index in [1.165, 1.54) is 0 Å². The first-order valence-corrected chi connectivity index (χ1v) is 6.36. The molecule has 1 aromatic heterocycles. The molecule has 0 bridgehead atoms. The third-order valence-corrected chi connectivity index (χ3v) is 3.48. The average Bonchev–Trinajstić information content (AvgIpc) is 2.86. The van der Waals surface area contributed by atoms with Crippen molar-refractivity contribution >= 4 is 5.82 Å². The summed E-state index contributed by atoms with van der Waals surface area (Å²) in [5.74, 6) is 0.417. The van der Waals surface area contributed by atoms with Crippen LogP contribution in [0.2, 0.25) is 0 Å². The molecule has 18 heavy (non-hydrogen) atoms. The van der Waals surface area contributed by atoms with Gasteiger partial charge < -0.3 is 20.1 Å². The molecule has 1 aromatic rings. The monoisotopic (exact) mass is 250 g/mol. The molecule has 0 atom stereocenters. The van der Waals surface area contributed by atoms with Crippen molar-refractivity contribution in [3.8, 4) is 0 Å². The van der Waals surface area contributed by atoms with Crippen LogP contribution in [0.5, 0.6) is 0 Å². The van der Waals surface area contributed by atoms with E-state index in [2.05, 4.69) is 14.9 Å². The largest absolute Gasteiger partial charge is 0.350 e. The number of aromatic nitrogens is 2. The summed E-state index contributed by atoms with van der Waals surface area (Å²) in [6, 6.07) is 0. The van der Waals surface area contributed by atoms with Crippen LogP contribution in [0.15, 0.2) is 12.4 Å². The van der Waals surface area contributed by atoms with Crippen LogP contribution in [0, 0.1) is 0 Å². The van der Waals surface area contributed by atoms with Crippen molar-refractivity contribution < 1.29 is 9.47 Å². The molecule has 3 rings (SSSR count). The van der Waals surface area contributed by atoms with E-state index in [-0.39, 0.29) is 0 Å². The highest BCUT2D eigenvalue weighted by Gasteiger charge is 2.41. The first-order valence-electron chi connectivity index (χ1n) is 6.36. The molecule has 0 radical (unpaired) electrons. The molecule has 0 aromatic carbocycles. The Kier molecular flexibility index (Phi) is 3.15. The zero-order valence-electron chi connectivity index (χ0n) is 10.3. The summed E-state index contributed by atoms with van der Waals surface area (Å²) in [5, 5.41) is 0. The standard InChI is InChI=1S/C12H18N4O2/c13-8-10-11(15-4-3-14-10)16-5-1-2-12(9-16)17-6-7-18-12/h3-4H,1-2,5-9,13H2. The molecule has 2 saturated heterocycles. The minimum atomic E-state index is -0.443. The van der Waals surface area contributed by atoms with Crippen LogP contribution >= 0.6 is 0 Å². The number of rotatable bonds is 2. The Morgan fingerprint density at radius 1 is 1.28 bits per heavy atom. The Hall–Kier alpha value is -1.24. The minimum Gasteiger partial charge on any atom is -0.350 e. The van der Waals surface area contributed by atoms with E-state index in [0.717, 1.165) is 30.9 Å². The molecule has 1 spiro atoms. The normalized spacial score (nSPS) is 22.6. The highest BCUT2D eigenvalue weighted by Crippen LogP contribution is 2.32. The van der Waals surface area contributed by atoms with Crippen LogP contribution < -0.4 is 10.6 Å². The van der Waals surface area contributed by atoms with Gasteiger partial charge in [0.25, 0.3) is 0 Å². The third kappa shape index (κ3) is 2.07. The summed E-state index contributed by atoms with van der Waals surface area (Å²) in [7, 11) is 0. The van der Waals surface area contributed by atoms with E-state index in [0.29, 0.717) is 26.3 Å². The molecule has 0 aliphatic carbocycles. The molecule has 2 N–H and O–H groups in total. The van der Waals surface area contributed by atoms with E-state index >= 15 is 0 Å². The molecular weight excluding hydrogens is 232 g/mol. The predicted octanol–water partition coefficient (Wildman–Crippen LogP) is 0.279. The second kappa shape index (κ2) is 4.79. The van der Waals surface area contributed by atoms with Gasteiger partial charge in [-0.05, 0) is 6.42 Å². The maximum absolute atomic E-state index is 5.76.